The molecule has 0 amide bonds. The normalized spacial score (nSPS) is 27.1. The van der Waals surface area contributed by atoms with Gasteiger partial charge in [0.2, 0.25) is 0 Å². The first-order chi connectivity index (χ1) is 6.15. The maximum Gasteiger partial charge on any atom is 0.307 e. The van der Waals surface area contributed by atoms with Crippen LogP contribution in [0.15, 0.2) is 23.8 Å². The number of aliphatic carboxylic acids is 1. The molecule has 13 heavy (non-hydrogen) atoms. The molecule has 1 rings (SSSR count). The molecular weight excluding hydrogens is 232 g/mol. The SMILES string of the molecule is CCC1C=CC=C(CC(=O)O)C1Br. The minimum atomic E-state index is -0.763. The Morgan fingerprint density at radius 3 is 2.92 bits per heavy atom. The molecule has 0 radical (unpaired) electrons. The highest BCUT2D eigenvalue weighted by atomic mass is 79.9. The highest BCUT2D eigenvalue weighted by Crippen LogP contribution is 2.30. The van der Waals surface area contributed by atoms with Gasteiger partial charge in [-0.05, 0) is 17.9 Å². The van der Waals surface area contributed by atoms with Gasteiger partial charge in [0.05, 0.1) is 6.42 Å². The Balaban J connectivity index is 2.69. The summed E-state index contributed by atoms with van der Waals surface area (Å²) in [5.74, 6) is -0.333. The van der Waals surface area contributed by atoms with Gasteiger partial charge in [-0.15, -0.1) is 0 Å². The van der Waals surface area contributed by atoms with Crippen molar-refractivity contribution in [1.29, 1.82) is 0 Å². The van der Waals surface area contributed by atoms with Gasteiger partial charge in [-0.25, -0.2) is 0 Å². The van der Waals surface area contributed by atoms with Crippen LogP contribution in [0.25, 0.3) is 0 Å². The minimum Gasteiger partial charge on any atom is -0.481 e. The minimum absolute atomic E-state index is 0.136. The van der Waals surface area contributed by atoms with Crippen molar-refractivity contribution in [3.63, 3.8) is 0 Å². The first kappa shape index (κ1) is 10.5. The topological polar surface area (TPSA) is 37.3 Å². The molecule has 0 saturated heterocycles. The van der Waals surface area contributed by atoms with E-state index in [2.05, 4.69) is 28.9 Å². The summed E-state index contributed by atoms with van der Waals surface area (Å²) in [6.45, 7) is 2.10. The Morgan fingerprint density at radius 2 is 2.38 bits per heavy atom. The van der Waals surface area contributed by atoms with Crippen molar-refractivity contribution in [3.05, 3.63) is 23.8 Å². The molecule has 0 aromatic heterocycles. The summed E-state index contributed by atoms with van der Waals surface area (Å²) in [4.78, 5) is 10.7. The van der Waals surface area contributed by atoms with Gasteiger partial charge in [0.1, 0.15) is 0 Å². The van der Waals surface area contributed by atoms with Crippen LogP contribution in [0.2, 0.25) is 0 Å². The third kappa shape index (κ3) is 2.69. The molecule has 0 heterocycles. The van der Waals surface area contributed by atoms with E-state index in [9.17, 15) is 4.79 Å². The third-order valence-corrected chi connectivity index (χ3v) is 3.49. The van der Waals surface area contributed by atoms with Crippen LogP contribution in [0, 0.1) is 5.92 Å². The molecule has 0 aromatic carbocycles. The second kappa shape index (κ2) is 4.61. The third-order valence-electron chi connectivity index (χ3n) is 2.23. The first-order valence-electron chi connectivity index (χ1n) is 4.38. The highest BCUT2D eigenvalue weighted by Gasteiger charge is 2.22. The van der Waals surface area contributed by atoms with Gasteiger partial charge >= 0.3 is 5.97 Å². The van der Waals surface area contributed by atoms with E-state index in [1.54, 1.807) is 0 Å². The average Bonchev–Trinajstić information content (AvgIpc) is 2.08. The molecule has 1 aliphatic rings. The molecule has 1 N–H and O–H groups in total. The standard InChI is InChI=1S/C10H13BrO2/c1-2-7-4-3-5-8(10(7)11)6-9(12)13/h3-5,7,10H,2,6H2,1H3,(H,12,13). The molecule has 3 heteroatoms. The van der Waals surface area contributed by atoms with Gasteiger partial charge in [-0.2, -0.15) is 0 Å². The number of halogens is 1. The van der Waals surface area contributed by atoms with E-state index < -0.39 is 5.97 Å². The molecule has 2 nitrogen and oxygen atoms in total. The van der Waals surface area contributed by atoms with Crippen molar-refractivity contribution in [2.24, 2.45) is 5.92 Å². The van der Waals surface area contributed by atoms with Crippen molar-refractivity contribution >= 4 is 21.9 Å². The second-order valence-electron chi connectivity index (χ2n) is 3.17. The molecule has 1 aliphatic carbocycles. The van der Waals surface area contributed by atoms with E-state index in [0.717, 1.165) is 12.0 Å². The summed E-state index contributed by atoms with van der Waals surface area (Å²) in [5, 5.41) is 8.66. The molecule has 0 bridgehead atoms. The summed E-state index contributed by atoms with van der Waals surface area (Å²) < 4.78 is 0. The largest absolute Gasteiger partial charge is 0.481 e. The summed E-state index contributed by atoms with van der Waals surface area (Å²) >= 11 is 3.53. The monoisotopic (exact) mass is 244 g/mol. The van der Waals surface area contributed by atoms with Crippen molar-refractivity contribution < 1.29 is 9.90 Å². The van der Waals surface area contributed by atoms with Crippen LogP contribution in [-0.4, -0.2) is 15.9 Å². The fourth-order valence-corrected chi connectivity index (χ4v) is 2.32. The Bertz CT molecular complexity index is 256. The number of alkyl halides is 1. The number of carbonyl (C=O) groups is 1. The van der Waals surface area contributed by atoms with E-state index >= 15 is 0 Å². The number of hydrogen-bond acceptors (Lipinski definition) is 1. The smallest absolute Gasteiger partial charge is 0.307 e. The zero-order valence-corrected chi connectivity index (χ0v) is 9.12. The highest BCUT2D eigenvalue weighted by molar-refractivity contribution is 9.09. The van der Waals surface area contributed by atoms with Crippen LogP contribution >= 0.6 is 15.9 Å². The number of carboxylic acid groups (broad SMARTS) is 1. The summed E-state index contributed by atoms with van der Waals surface area (Å²) in [7, 11) is 0. The molecule has 0 aliphatic heterocycles. The number of carboxylic acids is 1. The van der Waals surface area contributed by atoms with Crippen molar-refractivity contribution in [2.45, 2.75) is 24.6 Å². The molecule has 2 atom stereocenters. The second-order valence-corrected chi connectivity index (χ2v) is 4.16. The Kier molecular flexibility index (Phi) is 3.72. The predicted octanol–water partition coefficient (Wildman–Crippen LogP) is 2.75. The lowest BCUT2D eigenvalue weighted by Gasteiger charge is -2.22. The summed E-state index contributed by atoms with van der Waals surface area (Å²) in [6, 6.07) is 0. The summed E-state index contributed by atoms with van der Waals surface area (Å²) in [6.07, 6.45) is 7.12. The molecule has 0 saturated carbocycles. The maximum absolute atomic E-state index is 10.5. The lowest BCUT2D eigenvalue weighted by molar-refractivity contribution is -0.136. The zero-order valence-electron chi connectivity index (χ0n) is 7.53. The quantitative estimate of drug-likeness (QED) is 0.776. The van der Waals surface area contributed by atoms with Crippen LogP contribution in [0.3, 0.4) is 0 Å². The van der Waals surface area contributed by atoms with Crippen LogP contribution in [0.1, 0.15) is 19.8 Å². The number of allylic oxidation sites excluding steroid dienone is 3. The molecule has 0 aromatic rings. The molecule has 72 valence electrons. The van der Waals surface area contributed by atoms with Gasteiger partial charge in [0.15, 0.2) is 0 Å². The van der Waals surface area contributed by atoms with Gasteiger partial charge in [0.25, 0.3) is 0 Å². The fraction of sp³-hybridized carbons (Fsp3) is 0.500. The molecule has 2 unspecified atom stereocenters. The molecular formula is C10H13BrO2. The lowest BCUT2D eigenvalue weighted by Crippen LogP contribution is -2.18. The Morgan fingerprint density at radius 1 is 1.69 bits per heavy atom. The van der Waals surface area contributed by atoms with Gasteiger partial charge in [-0.1, -0.05) is 41.1 Å². The van der Waals surface area contributed by atoms with Crippen LogP contribution in [-0.2, 0) is 4.79 Å². The first-order valence-corrected chi connectivity index (χ1v) is 5.29. The average molecular weight is 245 g/mol. The van der Waals surface area contributed by atoms with Gasteiger partial charge < -0.3 is 5.11 Å². The fourth-order valence-electron chi connectivity index (χ4n) is 1.46. The number of hydrogen-bond donors (Lipinski definition) is 1. The summed E-state index contributed by atoms with van der Waals surface area (Å²) in [5.41, 5.74) is 0.960. The van der Waals surface area contributed by atoms with Crippen molar-refractivity contribution in [3.8, 4) is 0 Å². The van der Waals surface area contributed by atoms with E-state index in [1.807, 2.05) is 12.2 Å². The van der Waals surface area contributed by atoms with Crippen LogP contribution in [0.4, 0.5) is 0 Å². The molecule has 0 fully saturated rings. The van der Waals surface area contributed by atoms with Gasteiger partial charge in [-0.3, -0.25) is 4.79 Å². The predicted molar refractivity (Wildman–Crippen MR) is 56.0 cm³/mol. The zero-order chi connectivity index (χ0) is 9.84. The number of rotatable bonds is 3. The molecule has 0 spiro atoms. The maximum atomic E-state index is 10.5. The van der Waals surface area contributed by atoms with Gasteiger partial charge in [0, 0.05) is 4.83 Å². The van der Waals surface area contributed by atoms with E-state index in [1.165, 1.54) is 0 Å². The lowest BCUT2D eigenvalue weighted by atomic mass is 9.90. The van der Waals surface area contributed by atoms with Crippen LogP contribution < -0.4 is 0 Å². The van der Waals surface area contributed by atoms with Crippen molar-refractivity contribution in [2.75, 3.05) is 0 Å². The van der Waals surface area contributed by atoms with E-state index in [4.69, 9.17) is 5.11 Å². The van der Waals surface area contributed by atoms with E-state index in [0.29, 0.717) is 5.92 Å². The Labute approximate surface area is 86.5 Å². The van der Waals surface area contributed by atoms with Crippen molar-refractivity contribution in [1.82, 2.24) is 0 Å². The van der Waals surface area contributed by atoms with Crippen LogP contribution in [0.5, 0.6) is 0 Å². The van der Waals surface area contributed by atoms with E-state index in [-0.39, 0.29) is 11.2 Å². The Hall–Kier alpha value is -0.570.